The molecule has 0 saturated carbocycles. The van der Waals surface area contributed by atoms with E-state index in [-0.39, 0.29) is 18.8 Å². The molecule has 3 N–H and O–H groups in total. The molecular formula is C9H20BNO6S. The minimum absolute atomic E-state index is 0.0669. The van der Waals surface area contributed by atoms with Gasteiger partial charge in [-0.25, -0.2) is 0 Å². The summed E-state index contributed by atoms with van der Waals surface area (Å²) in [5, 5.41) is 28.0. The van der Waals surface area contributed by atoms with Crippen LogP contribution < -0.4 is 0 Å². The summed E-state index contributed by atoms with van der Waals surface area (Å²) in [5.74, 6) is -0.668. The van der Waals surface area contributed by atoms with Crippen LogP contribution in [0.1, 0.15) is 20.3 Å². The van der Waals surface area contributed by atoms with Crippen LogP contribution in [0.4, 0.5) is 0 Å². The summed E-state index contributed by atoms with van der Waals surface area (Å²) in [6.07, 6.45) is 0.0828. The molecule has 0 spiro atoms. The standard InChI is InChI=1S/C9H20BNO6S/c1-8(2)3-9(4-12,5-13)11(6-14)7-18(16,17)10-15/h8,12-14H,3-7H2,1-2H3. The van der Waals surface area contributed by atoms with Gasteiger partial charge in [-0.3, -0.25) is 0 Å². The molecule has 0 amide bonds. The van der Waals surface area contributed by atoms with Gasteiger partial charge in [0.15, 0.2) is 0 Å². The molecule has 0 aromatic heterocycles. The molecule has 0 radical (unpaired) electrons. The molecule has 0 bridgehead atoms. The minimum atomic E-state index is -4.01. The van der Waals surface area contributed by atoms with Gasteiger partial charge in [0.2, 0.25) is 0 Å². The summed E-state index contributed by atoms with van der Waals surface area (Å²) in [6.45, 7) is 1.96. The molecule has 18 heavy (non-hydrogen) atoms. The molecule has 9 heteroatoms. The zero-order valence-electron chi connectivity index (χ0n) is 10.6. The normalized spacial score (nSPS) is 13.1. The fourth-order valence-electron chi connectivity index (χ4n) is 1.84. The molecule has 0 aliphatic carbocycles. The van der Waals surface area contributed by atoms with Gasteiger partial charge in [-0.15, -0.1) is 0 Å². The van der Waals surface area contributed by atoms with Crippen molar-refractivity contribution >= 4 is 16.1 Å². The fourth-order valence-corrected chi connectivity index (χ4v) is 2.69. The number of nitrogens with zero attached hydrogens (tertiary/aromatic N) is 1. The average molecular weight is 281 g/mol. The van der Waals surface area contributed by atoms with E-state index in [4.69, 9.17) is 0 Å². The zero-order chi connectivity index (χ0) is 14.4. The maximum absolute atomic E-state index is 11.2. The summed E-state index contributed by atoms with van der Waals surface area (Å²) < 4.78 is 32.9. The predicted octanol–water partition coefficient (Wildman–Crippen LogP) is -1.66. The quantitative estimate of drug-likeness (QED) is 0.342. The number of aliphatic hydroxyl groups excluding tert-OH is 3. The van der Waals surface area contributed by atoms with Gasteiger partial charge in [0.05, 0.1) is 0 Å². The van der Waals surface area contributed by atoms with Gasteiger partial charge >= 0.3 is 107 Å². The van der Waals surface area contributed by atoms with Gasteiger partial charge in [-0.2, -0.15) is 0 Å². The van der Waals surface area contributed by atoms with Gasteiger partial charge in [0.25, 0.3) is 0 Å². The first-order valence-electron chi connectivity index (χ1n) is 5.52. The van der Waals surface area contributed by atoms with Crippen LogP contribution in [0.5, 0.6) is 0 Å². The third-order valence-electron chi connectivity index (χ3n) is 2.70. The Morgan fingerprint density at radius 1 is 1.22 bits per heavy atom. The molecule has 0 fully saturated rings. The van der Waals surface area contributed by atoms with Gasteiger partial charge in [0.1, 0.15) is 0 Å². The van der Waals surface area contributed by atoms with E-state index in [9.17, 15) is 28.4 Å². The van der Waals surface area contributed by atoms with Crippen molar-refractivity contribution in [1.29, 1.82) is 0 Å². The Balaban J connectivity index is 5.22. The number of hydrogen-bond donors (Lipinski definition) is 3. The summed E-state index contributed by atoms with van der Waals surface area (Å²) in [4.78, 5) is 0.997. The third kappa shape index (κ3) is 4.73. The van der Waals surface area contributed by atoms with Crippen molar-refractivity contribution in [2.75, 3.05) is 25.8 Å². The van der Waals surface area contributed by atoms with Crippen LogP contribution in [0, 0.1) is 5.92 Å². The Morgan fingerprint density at radius 2 is 1.72 bits per heavy atom. The van der Waals surface area contributed by atoms with E-state index < -0.39 is 41.0 Å². The molecular weight excluding hydrogens is 261 g/mol. The molecule has 0 saturated heterocycles. The Hall–Kier alpha value is -0.345. The van der Waals surface area contributed by atoms with Crippen LogP contribution in [-0.2, 0) is 14.4 Å². The molecule has 0 aromatic carbocycles. The van der Waals surface area contributed by atoms with Crippen LogP contribution in [0.2, 0.25) is 0 Å². The van der Waals surface area contributed by atoms with Crippen molar-refractivity contribution in [3.8, 4) is 0 Å². The SMILES string of the molecule is CC(C)CC(CO)(CO)N(CO)CS(=O)(=O)B=O. The van der Waals surface area contributed by atoms with E-state index in [0.29, 0.717) is 0 Å². The van der Waals surface area contributed by atoms with Crippen LogP contribution in [0.15, 0.2) is 0 Å². The van der Waals surface area contributed by atoms with E-state index in [0.717, 1.165) is 4.90 Å². The van der Waals surface area contributed by atoms with E-state index >= 15 is 0 Å². The van der Waals surface area contributed by atoms with Crippen molar-refractivity contribution < 1.29 is 28.4 Å². The zero-order valence-corrected chi connectivity index (χ0v) is 11.4. The summed E-state index contributed by atoms with van der Waals surface area (Å²) in [5.41, 5.74) is -1.26. The molecule has 0 atom stereocenters. The van der Waals surface area contributed by atoms with Gasteiger partial charge < -0.3 is 0 Å². The van der Waals surface area contributed by atoms with Crippen LogP contribution >= 0.6 is 0 Å². The molecule has 0 rings (SSSR count). The predicted molar refractivity (Wildman–Crippen MR) is 65.5 cm³/mol. The van der Waals surface area contributed by atoms with Crippen molar-refractivity contribution in [1.82, 2.24) is 4.90 Å². The maximum atomic E-state index is 11.2. The second-order valence-corrected chi connectivity index (χ2v) is 6.48. The Labute approximate surface area is 107 Å². The van der Waals surface area contributed by atoms with Crippen molar-refractivity contribution in [2.45, 2.75) is 25.8 Å². The second-order valence-electron chi connectivity index (χ2n) is 4.71. The molecule has 0 unspecified atom stereocenters. The van der Waals surface area contributed by atoms with Crippen molar-refractivity contribution in [2.24, 2.45) is 5.92 Å². The monoisotopic (exact) mass is 281 g/mol. The first kappa shape index (κ1) is 17.7. The second kappa shape index (κ2) is 7.29. The van der Waals surface area contributed by atoms with Crippen molar-refractivity contribution in [3.63, 3.8) is 0 Å². The summed E-state index contributed by atoms with van der Waals surface area (Å²) in [6, 6.07) is 0. The molecule has 0 heterocycles. The Morgan fingerprint density at radius 3 is 2.00 bits per heavy atom. The van der Waals surface area contributed by atoms with E-state index in [1.54, 1.807) is 0 Å². The summed E-state index contributed by atoms with van der Waals surface area (Å²) in [7, 11) is -4.01. The molecule has 106 valence electrons. The first-order chi connectivity index (χ1) is 8.26. The number of rotatable bonds is 9. The van der Waals surface area contributed by atoms with Gasteiger partial charge in [-0.05, 0) is 0 Å². The molecule has 0 aliphatic heterocycles. The van der Waals surface area contributed by atoms with Gasteiger partial charge in [0, 0.05) is 0 Å². The Kier molecular flexibility index (Phi) is 7.15. The van der Waals surface area contributed by atoms with Crippen LogP contribution in [-0.4, -0.2) is 66.4 Å². The summed E-state index contributed by atoms with van der Waals surface area (Å²) >= 11 is 0. The van der Waals surface area contributed by atoms with Gasteiger partial charge in [-0.1, -0.05) is 0 Å². The number of hydrogen-bond acceptors (Lipinski definition) is 7. The molecule has 0 aliphatic rings. The Bertz CT molecular complexity index is 354. The fraction of sp³-hybridized carbons (Fsp3) is 1.00. The van der Waals surface area contributed by atoms with E-state index in [2.05, 4.69) is 0 Å². The average Bonchev–Trinajstić information content (AvgIpc) is 2.33. The third-order valence-corrected chi connectivity index (χ3v) is 3.67. The molecule has 0 aromatic rings. The van der Waals surface area contributed by atoms with Crippen molar-refractivity contribution in [3.05, 3.63) is 0 Å². The van der Waals surface area contributed by atoms with Crippen LogP contribution in [0.25, 0.3) is 0 Å². The first-order valence-corrected chi connectivity index (χ1v) is 7.24. The molecule has 7 nitrogen and oxygen atoms in total. The van der Waals surface area contributed by atoms with Crippen LogP contribution in [0.3, 0.4) is 0 Å². The topological polar surface area (TPSA) is 115 Å². The van der Waals surface area contributed by atoms with E-state index in [1.807, 2.05) is 13.8 Å². The van der Waals surface area contributed by atoms with E-state index in [1.165, 1.54) is 0 Å². The number of aliphatic hydroxyl groups is 3.